The Morgan fingerprint density at radius 1 is 1.14 bits per heavy atom. The molecule has 2 aromatic carbocycles. The third kappa shape index (κ3) is 7.11. The summed E-state index contributed by atoms with van der Waals surface area (Å²) in [4.78, 5) is 15.0. The molecule has 0 aliphatic carbocycles. The molecule has 1 N–H and O–H groups in total. The highest BCUT2D eigenvalue weighted by Gasteiger charge is 2.44. The summed E-state index contributed by atoms with van der Waals surface area (Å²) in [6.07, 6.45) is 1.65. The first kappa shape index (κ1) is 29.1. The van der Waals surface area contributed by atoms with Crippen molar-refractivity contribution in [3.8, 4) is 0 Å². The first-order valence-corrected chi connectivity index (χ1v) is 17.3. The number of anilines is 1. The van der Waals surface area contributed by atoms with Crippen LogP contribution >= 0.6 is 0 Å². The standard InChI is InChI=1S/C27H39FN2O5SSi/c1-20(21-8-14-24(15-9-21)29-36(5,32)33)30-18-16-27(35-25(30)31,22-10-12-23(28)13-11-22)17-19-34-37(6,7)26(2,3)4/h8-15,20,29H,16-19H2,1-7H3/t20-,27?/m0/s1. The summed E-state index contributed by atoms with van der Waals surface area (Å²) >= 11 is 0. The van der Waals surface area contributed by atoms with E-state index in [1.165, 1.54) is 12.1 Å². The fraction of sp³-hybridized carbons (Fsp3) is 0.519. The average Bonchev–Trinajstić information content (AvgIpc) is 2.78. The molecule has 3 rings (SSSR count). The molecule has 1 amide bonds. The van der Waals surface area contributed by atoms with Crippen LogP contribution in [0.2, 0.25) is 18.1 Å². The maximum atomic E-state index is 13.7. The van der Waals surface area contributed by atoms with Crippen LogP contribution in [0.25, 0.3) is 0 Å². The zero-order valence-electron chi connectivity index (χ0n) is 22.8. The summed E-state index contributed by atoms with van der Waals surface area (Å²) in [6, 6.07) is 12.8. The largest absolute Gasteiger partial charge is 0.438 e. The zero-order valence-corrected chi connectivity index (χ0v) is 24.6. The molecule has 0 bridgehead atoms. The van der Waals surface area contributed by atoms with Gasteiger partial charge < -0.3 is 14.1 Å². The number of hydrogen-bond donors (Lipinski definition) is 1. The van der Waals surface area contributed by atoms with Crippen LogP contribution < -0.4 is 4.72 Å². The lowest BCUT2D eigenvalue weighted by atomic mass is 9.85. The van der Waals surface area contributed by atoms with Crippen molar-refractivity contribution in [3.63, 3.8) is 0 Å². The number of hydrogen-bond acceptors (Lipinski definition) is 5. The van der Waals surface area contributed by atoms with Crippen LogP contribution in [0.1, 0.15) is 57.7 Å². The Kier molecular flexibility index (Phi) is 8.46. The number of halogens is 1. The van der Waals surface area contributed by atoms with Gasteiger partial charge in [0, 0.05) is 31.7 Å². The number of rotatable bonds is 9. The Morgan fingerprint density at radius 3 is 2.24 bits per heavy atom. The van der Waals surface area contributed by atoms with Crippen LogP contribution in [0, 0.1) is 5.82 Å². The van der Waals surface area contributed by atoms with E-state index in [1.807, 2.05) is 6.92 Å². The van der Waals surface area contributed by atoms with E-state index in [4.69, 9.17) is 9.16 Å². The number of amides is 1. The topological polar surface area (TPSA) is 84.9 Å². The highest BCUT2D eigenvalue weighted by molar-refractivity contribution is 7.92. The van der Waals surface area contributed by atoms with Crippen molar-refractivity contribution in [1.29, 1.82) is 0 Å². The van der Waals surface area contributed by atoms with Gasteiger partial charge in [-0.05, 0) is 60.4 Å². The lowest BCUT2D eigenvalue weighted by Crippen LogP contribution is -2.50. The Labute approximate surface area is 221 Å². The van der Waals surface area contributed by atoms with Crippen LogP contribution in [0.4, 0.5) is 14.9 Å². The Hall–Kier alpha value is -2.43. The average molecular weight is 551 g/mol. The van der Waals surface area contributed by atoms with Crippen molar-refractivity contribution in [2.24, 2.45) is 0 Å². The highest BCUT2D eigenvalue weighted by atomic mass is 32.2. The van der Waals surface area contributed by atoms with Crippen LogP contribution in [-0.4, -0.2) is 47.1 Å². The molecule has 204 valence electrons. The van der Waals surface area contributed by atoms with E-state index in [-0.39, 0.29) is 16.9 Å². The van der Waals surface area contributed by atoms with Crippen molar-refractivity contribution in [3.05, 3.63) is 65.5 Å². The molecule has 7 nitrogen and oxygen atoms in total. The molecule has 0 aromatic heterocycles. The van der Waals surface area contributed by atoms with Gasteiger partial charge in [-0.2, -0.15) is 0 Å². The third-order valence-corrected chi connectivity index (χ3v) is 12.7. The molecule has 1 heterocycles. The van der Waals surface area contributed by atoms with Gasteiger partial charge in [0.05, 0.1) is 12.3 Å². The number of ether oxygens (including phenoxy) is 1. The van der Waals surface area contributed by atoms with Gasteiger partial charge in [-0.1, -0.05) is 45.0 Å². The van der Waals surface area contributed by atoms with Crippen molar-refractivity contribution < 1.29 is 26.8 Å². The number of cyclic esters (lactones) is 1. The predicted octanol–water partition coefficient (Wildman–Crippen LogP) is 6.41. The monoisotopic (exact) mass is 550 g/mol. The van der Waals surface area contributed by atoms with Gasteiger partial charge in [-0.3, -0.25) is 4.72 Å². The van der Waals surface area contributed by atoms with E-state index in [9.17, 15) is 17.6 Å². The van der Waals surface area contributed by atoms with Gasteiger partial charge in [0.25, 0.3) is 0 Å². The molecule has 37 heavy (non-hydrogen) atoms. The maximum Gasteiger partial charge on any atom is 0.411 e. The number of benzene rings is 2. The molecular formula is C27H39FN2O5SSi. The van der Waals surface area contributed by atoms with Gasteiger partial charge in [-0.15, -0.1) is 0 Å². The molecule has 1 fully saturated rings. The van der Waals surface area contributed by atoms with E-state index in [0.29, 0.717) is 31.7 Å². The zero-order chi connectivity index (χ0) is 27.6. The third-order valence-electron chi connectivity index (χ3n) is 7.58. The summed E-state index contributed by atoms with van der Waals surface area (Å²) in [5, 5.41) is 0.0535. The first-order valence-electron chi connectivity index (χ1n) is 12.5. The SMILES string of the molecule is C[C@@H](c1ccc(NS(C)(=O)=O)cc1)N1CCC(CCO[Si](C)(C)C(C)(C)C)(c2ccc(F)cc2)OC1=O. The summed E-state index contributed by atoms with van der Waals surface area (Å²) in [6.45, 7) is 13.7. The number of sulfonamides is 1. The Morgan fingerprint density at radius 2 is 1.73 bits per heavy atom. The second-order valence-corrected chi connectivity index (χ2v) is 17.9. The molecule has 1 aliphatic rings. The molecule has 1 aliphatic heterocycles. The van der Waals surface area contributed by atoms with Gasteiger partial charge in [0.1, 0.15) is 11.4 Å². The van der Waals surface area contributed by atoms with Crippen LogP contribution in [-0.2, 0) is 24.8 Å². The Bertz CT molecular complexity index is 1200. The summed E-state index contributed by atoms with van der Waals surface area (Å²) in [5.74, 6) is -0.345. The van der Waals surface area contributed by atoms with Crippen molar-refractivity contribution in [1.82, 2.24) is 4.90 Å². The number of nitrogens with one attached hydrogen (secondary N) is 1. The summed E-state index contributed by atoms with van der Waals surface area (Å²) in [5.41, 5.74) is 1.15. The summed E-state index contributed by atoms with van der Waals surface area (Å²) < 4.78 is 51.6. The smallest absolute Gasteiger partial charge is 0.411 e. The molecule has 2 atom stereocenters. The van der Waals surface area contributed by atoms with E-state index in [0.717, 1.165) is 17.4 Å². The Balaban J connectivity index is 1.78. The maximum absolute atomic E-state index is 13.7. The van der Waals surface area contributed by atoms with Gasteiger partial charge in [-0.25, -0.2) is 17.6 Å². The first-order chi connectivity index (χ1) is 17.0. The predicted molar refractivity (Wildman–Crippen MR) is 147 cm³/mol. The highest BCUT2D eigenvalue weighted by Crippen LogP contribution is 2.41. The van der Waals surface area contributed by atoms with E-state index in [2.05, 4.69) is 38.6 Å². The minimum Gasteiger partial charge on any atom is -0.438 e. The van der Waals surface area contributed by atoms with Gasteiger partial charge in [0.2, 0.25) is 10.0 Å². The molecule has 10 heteroatoms. The normalized spacial score (nSPS) is 19.9. The quantitative estimate of drug-likeness (QED) is 0.365. The fourth-order valence-corrected chi connectivity index (χ4v) is 5.82. The van der Waals surface area contributed by atoms with Crippen LogP contribution in [0.15, 0.2) is 48.5 Å². The molecule has 2 aromatic rings. The minimum atomic E-state index is -3.37. The fourth-order valence-electron chi connectivity index (χ4n) is 4.21. The van der Waals surface area contributed by atoms with Crippen LogP contribution in [0.5, 0.6) is 0 Å². The number of carbonyl (C=O) groups is 1. The molecule has 1 saturated heterocycles. The number of carbonyl (C=O) groups excluding carboxylic acids is 1. The van der Waals surface area contributed by atoms with Crippen molar-refractivity contribution in [2.45, 2.75) is 70.3 Å². The minimum absolute atomic E-state index is 0.0535. The van der Waals surface area contributed by atoms with Gasteiger partial charge in [0.15, 0.2) is 8.32 Å². The molecule has 0 spiro atoms. The van der Waals surface area contributed by atoms with E-state index >= 15 is 0 Å². The van der Waals surface area contributed by atoms with Gasteiger partial charge >= 0.3 is 6.09 Å². The summed E-state index contributed by atoms with van der Waals surface area (Å²) in [7, 11) is -5.37. The lowest BCUT2D eigenvalue weighted by Gasteiger charge is -2.44. The second-order valence-electron chi connectivity index (χ2n) is 11.3. The number of nitrogens with zero attached hydrogens (tertiary/aromatic N) is 1. The van der Waals surface area contributed by atoms with E-state index in [1.54, 1.807) is 41.3 Å². The molecule has 0 saturated carbocycles. The van der Waals surface area contributed by atoms with Crippen molar-refractivity contribution in [2.75, 3.05) is 24.1 Å². The second kappa shape index (κ2) is 10.7. The molecule has 0 radical (unpaired) electrons. The van der Waals surface area contributed by atoms with Crippen molar-refractivity contribution >= 4 is 30.1 Å². The van der Waals surface area contributed by atoms with Crippen LogP contribution in [0.3, 0.4) is 0 Å². The molecule has 1 unspecified atom stereocenters. The van der Waals surface area contributed by atoms with E-state index < -0.39 is 30.0 Å². The molecular weight excluding hydrogens is 511 g/mol. The lowest BCUT2D eigenvalue weighted by molar-refractivity contribution is -0.0711.